The van der Waals surface area contributed by atoms with E-state index < -0.39 is 0 Å². The second-order valence-electron chi connectivity index (χ2n) is 5.43. The summed E-state index contributed by atoms with van der Waals surface area (Å²) in [6, 6.07) is 0. The Morgan fingerprint density at radius 1 is 1.39 bits per heavy atom. The molecule has 0 aromatic carbocycles. The minimum atomic E-state index is -0.123. The Morgan fingerprint density at radius 3 is 2.74 bits per heavy atom. The maximum absolute atomic E-state index is 11.0. The molecule has 0 aliphatic heterocycles. The molecule has 0 unspecified atom stereocenters. The first-order chi connectivity index (χ1) is 11.1. The lowest BCUT2D eigenvalue weighted by Gasteiger charge is -2.21. The molecule has 6 nitrogen and oxygen atoms in total. The third kappa shape index (κ3) is 7.97. The van der Waals surface area contributed by atoms with Crippen molar-refractivity contribution in [3.8, 4) is 0 Å². The number of hydrogen-bond acceptors (Lipinski definition) is 5. The summed E-state index contributed by atoms with van der Waals surface area (Å²) >= 11 is 1.67. The van der Waals surface area contributed by atoms with Gasteiger partial charge in [0.05, 0.1) is 24.4 Å². The van der Waals surface area contributed by atoms with Crippen LogP contribution in [0.2, 0.25) is 0 Å². The maximum atomic E-state index is 11.0. The number of methoxy groups -OCH3 is 1. The quantitative estimate of drug-likeness (QED) is 0.324. The van der Waals surface area contributed by atoms with Gasteiger partial charge in [-0.2, -0.15) is 0 Å². The van der Waals surface area contributed by atoms with Crippen LogP contribution in [0.1, 0.15) is 42.8 Å². The smallest absolute Gasteiger partial charge is 0.305 e. The summed E-state index contributed by atoms with van der Waals surface area (Å²) in [7, 11) is 5.24. The van der Waals surface area contributed by atoms with Gasteiger partial charge in [-0.3, -0.25) is 9.79 Å². The molecule has 0 bridgehead atoms. The lowest BCUT2D eigenvalue weighted by molar-refractivity contribution is -0.140. The molecule has 130 valence electrons. The van der Waals surface area contributed by atoms with E-state index in [4.69, 9.17) is 0 Å². The molecular weight excluding hydrogens is 312 g/mol. The van der Waals surface area contributed by atoms with Gasteiger partial charge in [0.25, 0.3) is 0 Å². The third-order valence-electron chi connectivity index (χ3n) is 3.46. The summed E-state index contributed by atoms with van der Waals surface area (Å²) in [5, 5.41) is 6.54. The second-order valence-corrected chi connectivity index (χ2v) is 6.49. The Morgan fingerprint density at radius 2 is 2.13 bits per heavy atom. The molecule has 0 saturated carbocycles. The first kappa shape index (κ1) is 19.4. The Labute approximate surface area is 143 Å². The van der Waals surface area contributed by atoms with Crippen LogP contribution in [-0.2, 0) is 16.1 Å². The zero-order valence-electron chi connectivity index (χ0n) is 14.6. The maximum Gasteiger partial charge on any atom is 0.305 e. The van der Waals surface area contributed by atoms with E-state index in [0.29, 0.717) is 6.42 Å². The molecule has 7 heteroatoms. The number of rotatable bonds is 9. The zero-order valence-corrected chi connectivity index (χ0v) is 15.4. The number of thiazole rings is 1. The second kappa shape index (κ2) is 11.0. The van der Waals surface area contributed by atoms with Crippen LogP contribution in [0, 0.1) is 6.92 Å². The summed E-state index contributed by atoms with van der Waals surface area (Å²) in [6.45, 7) is 3.65. The Bertz CT molecular complexity index is 502. The van der Waals surface area contributed by atoms with Crippen molar-refractivity contribution in [3.63, 3.8) is 0 Å². The number of unbranched alkanes of at least 4 members (excludes halogenated alkanes) is 3. The van der Waals surface area contributed by atoms with Crippen molar-refractivity contribution in [1.82, 2.24) is 15.2 Å². The molecule has 1 rings (SSSR count). The van der Waals surface area contributed by atoms with Gasteiger partial charge in [0.2, 0.25) is 0 Å². The summed E-state index contributed by atoms with van der Waals surface area (Å²) < 4.78 is 4.62. The molecule has 0 amide bonds. The largest absolute Gasteiger partial charge is 0.469 e. The van der Waals surface area contributed by atoms with Crippen molar-refractivity contribution >= 4 is 23.3 Å². The van der Waals surface area contributed by atoms with Crippen molar-refractivity contribution in [1.29, 1.82) is 0 Å². The van der Waals surface area contributed by atoms with Crippen LogP contribution in [0.3, 0.4) is 0 Å². The van der Waals surface area contributed by atoms with Gasteiger partial charge in [0, 0.05) is 32.4 Å². The van der Waals surface area contributed by atoms with Gasteiger partial charge in [-0.15, -0.1) is 11.3 Å². The molecule has 0 saturated heterocycles. The van der Waals surface area contributed by atoms with Gasteiger partial charge in [0.15, 0.2) is 5.96 Å². The van der Waals surface area contributed by atoms with E-state index in [-0.39, 0.29) is 5.97 Å². The monoisotopic (exact) mass is 340 g/mol. The number of aliphatic imine (C=N–C) groups is 1. The van der Waals surface area contributed by atoms with E-state index in [9.17, 15) is 4.79 Å². The van der Waals surface area contributed by atoms with Gasteiger partial charge in [-0.05, 0) is 19.8 Å². The zero-order chi connectivity index (χ0) is 17.1. The van der Waals surface area contributed by atoms with Gasteiger partial charge < -0.3 is 15.0 Å². The van der Waals surface area contributed by atoms with Crippen LogP contribution in [0.4, 0.5) is 0 Å². The molecule has 23 heavy (non-hydrogen) atoms. The fourth-order valence-electron chi connectivity index (χ4n) is 2.23. The number of hydrogen-bond donors (Lipinski definition) is 1. The Hall–Kier alpha value is -1.63. The van der Waals surface area contributed by atoms with Crippen molar-refractivity contribution < 1.29 is 9.53 Å². The van der Waals surface area contributed by atoms with Gasteiger partial charge in [-0.25, -0.2) is 4.98 Å². The van der Waals surface area contributed by atoms with E-state index in [1.807, 2.05) is 14.0 Å². The SMILES string of the molecule is CN=C(NCCCCCCC(=O)OC)N(C)Cc1csc(C)n1. The molecular formula is C16H28N4O2S. The van der Waals surface area contributed by atoms with E-state index in [2.05, 4.69) is 30.3 Å². The highest BCUT2D eigenvalue weighted by Gasteiger charge is 2.08. The fraction of sp³-hybridized carbons (Fsp3) is 0.688. The van der Waals surface area contributed by atoms with E-state index in [1.165, 1.54) is 7.11 Å². The van der Waals surface area contributed by atoms with Crippen LogP contribution in [0.15, 0.2) is 10.4 Å². The number of guanidine groups is 1. The van der Waals surface area contributed by atoms with Crippen LogP contribution in [-0.4, -0.2) is 49.6 Å². The highest BCUT2D eigenvalue weighted by atomic mass is 32.1. The number of aryl methyl sites for hydroxylation is 1. The van der Waals surface area contributed by atoms with Crippen molar-refractivity contribution in [2.24, 2.45) is 4.99 Å². The average molecular weight is 340 g/mol. The number of nitrogens with one attached hydrogen (secondary N) is 1. The Balaban J connectivity index is 2.17. The number of esters is 1. The van der Waals surface area contributed by atoms with E-state index >= 15 is 0 Å². The molecule has 1 aromatic heterocycles. The molecule has 0 radical (unpaired) electrons. The summed E-state index contributed by atoms with van der Waals surface area (Å²) in [5.74, 6) is 0.757. The number of ether oxygens (including phenoxy) is 1. The highest BCUT2D eigenvalue weighted by molar-refractivity contribution is 7.09. The third-order valence-corrected chi connectivity index (χ3v) is 4.28. The molecule has 1 aromatic rings. The molecule has 1 heterocycles. The van der Waals surface area contributed by atoms with E-state index in [1.54, 1.807) is 18.4 Å². The van der Waals surface area contributed by atoms with Crippen molar-refractivity contribution in [3.05, 3.63) is 16.1 Å². The number of carbonyl (C=O) groups is 1. The first-order valence-electron chi connectivity index (χ1n) is 7.96. The van der Waals surface area contributed by atoms with Crippen molar-refractivity contribution in [2.45, 2.75) is 45.6 Å². The van der Waals surface area contributed by atoms with Crippen LogP contribution in [0.25, 0.3) is 0 Å². The van der Waals surface area contributed by atoms with E-state index in [0.717, 1.165) is 55.4 Å². The van der Waals surface area contributed by atoms with Crippen molar-refractivity contribution in [2.75, 3.05) is 27.7 Å². The number of carbonyl (C=O) groups excluding carboxylic acids is 1. The molecule has 0 atom stereocenters. The minimum Gasteiger partial charge on any atom is -0.469 e. The van der Waals surface area contributed by atoms with Gasteiger partial charge >= 0.3 is 5.97 Å². The van der Waals surface area contributed by atoms with Gasteiger partial charge in [-0.1, -0.05) is 12.8 Å². The molecule has 0 spiro atoms. The Kier molecular flexibility index (Phi) is 9.28. The normalized spacial score (nSPS) is 11.4. The first-order valence-corrected chi connectivity index (χ1v) is 8.84. The summed E-state index contributed by atoms with van der Waals surface area (Å²) in [5.41, 5.74) is 1.07. The molecule has 0 aliphatic carbocycles. The van der Waals surface area contributed by atoms with Crippen LogP contribution < -0.4 is 5.32 Å². The lowest BCUT2D eigenvalue weighted by atomic mass is 10.1. The van der Waals surface area contributed by atoms with Crippen LogP contribution >= 0.6 is 11.3 Å². The average Bonchev–Trinajstić information content (AvgIpc) is 2.94. The standard InChI is InChI=1S/C16H28N4O2S/c1-13-19-14(12-23-13)11-20(3)16(17-2)18-10-8-6-5-7-9-15(21)22-4/h12H,5-11H2,1-4H3,(H,17,18). The summed E-state index contributed by atoms with van der Waals surface area (Å²) in [6.07, 6.45) is 4.61. The molecule has 0 aliphatic rings. The minimum absolute atomic E-state index is 0.123. The molecule has 1 N–H and O–H groups in total. The molecule has 0 fully saturated rings. The topological polar surface area (TPSA) is 66.8 Å². The predicted octanol–water partition coefficient (Wildman–Crippen LogP) is 2.58. The number of nitrogens with zero attached hydrogens (tertiary/aromatic N) is 3. The predicted molar refractivity (Wildman–Crippen MR) is 94.8 cm³/mol. The fourth-order valence-corrected chi connectivity index (χ4v) is 2.84. The summed E-state index contributed by atoms with van der Waals surface area (Å²) in [4.78, 5) is 21.9. The highest BCUT2D eigenvalue weighted by Crippen LogP contribution is 2.09. The van der Waals surface area contributed by atoms with Gasteiger partial charge in [0.1, 0.15) is 0 Å². The van der Waals surface area contributed by atoms with Crippen LogP contribution in [0.5, 0.6) is 0 Å². The lowest BCUT2D eigenvalue weighted by Crippen LogP contribution is -2.38. The number of aromatic nitrogens is 1.